The van der Waals surface area contributed by atoms with Crippen LogP contribution in [0.5, 0.6) is 0 Å². The minimum absolute atomic E-state index is 0.0453. The Kier molecular flexibility index (Phi) is 8.12. The number of aromatic amines is 1. The zero-order valence-electron chi connectivity index (χ0n) is 19.7. The molecule has 0 fully saturated rings. The smallest absolute Gasteiger partial charge is 0.241 e. The Balaban J connectivity index is 1.41. The summed E-state index contributed by atoms with van der Waals surface area (Å²) in [5, 5.41) is 11.7. The van der Waals surface area contributed by atoms with Crippen molar-refractivity contribution >= 4 is 11.8 Å². The summed E-state index contributed by atoms with van der Waals surface area (Å²) in [6, 6.07) is 9.64. The summed E-state index contributed by atoms with van der Waals surface area (Å²) < 4.78 is 1.80. The van der Waals surface area contributed by atoms with Crippen molar-refractivity contribution in [3.8, 4) is 16.9 Å². The summed E-state index contributed by atoms with van der Waals surface area (Å²) >= 11 is 0. The van der Waals surface area contributed by atoms with Gasteiger partial charge in [-0.3, -0.25) is 14.6 Å². The van der Waals surface area contributed by atoms with Crippen LogP contribution in [0.3, 0.4) is 0 Å². The maximum absolute atomic E-state index is 12.7. The van der Waals surface area contributed by atoms with Gasteiger partial charge in [0, 0.05) is 38.3 Å². The van der Waals surface area contributed by atoms with Gasteiger partial charge in [0.1, 0.15) is 12.4 Å². The molecule has 35 heavy (non-hydrogen) atoms. The lowest BCUT2D eigenvalue weighted by atomic mass is 10.1. The molecule has 0 saturated carbocycles. The Hall–Kier alpha value is -4.12. The van der Waals surface area contributed by atoms with Crippen LogP contribution in [0.4, 0.5) is 0 Å². The average molecular weight is 478 g/mol. The Morgan fingerprint density at radius 3 is 2.69 bits per heavy atom. The quantitative estimate of drug-likeness (QED) is 0.252. The van der Waals surface area contributed by atoms with Gasteiger partial charge in [0.05, 0.1) is 23.6 Å². The molecule has 0 spiro atoms. The average Bonchev–Trinajstić information content (AvgIpc) is 3.66. The van der Waals surface area contributed by atoms with Crippen LogP contribution in [-0.2, 0) is 9.59 Å². The van der Waals surface area contributed by atoms with Crippen LogP contribution in [0.2, 0.25) is 0 Å². The number of unbranched alkanes of at least 4 members (excludes halogenated alkanes) is 2. The number of rotatable bonds is 12. The third-order valence-electron chi connectivity index (χ3n) is 5.74. The molecule has 11 nitrogen and oxygen atoms in total. The van der Waals surface area contributed by atoms with Crippen LogP contribution in [0.15, 0.2) is 61.3 Å². The topological polar surface area (TPSA) is 132 Å². The van der Waals surface area contributed by atoms with Crippen molar-refractivity contribution in [2.45, 2.75) is 38.1 Å². The maximum Gasteiger partial charge on any atom is 0.241 e. The number of amides is 2. The molecule has 2 amide bonds. The minimum Gasteiger partial charge on any atom is -0.359 e. The highest BCUT2D eigenvalue weighted by atomic mass is 16.2. The van der Waals surface area contributed by atoms with E-state index in [9.17, 15) is 9.59 Å². The van der Waals surface area contributed by atoms with Gasteiger partial charge in [0.15, 0.2) is 0 Å². The predicted octanol–water partition coefficient (Wildman–Crippen LogP) is 1.91. The van der Waals surface area contributed by atoms with Crippen LogP contribution in [-0.4, -0.2) is 50.2 Å². The number of carbonyl (C=O) groups is 2. The minimum atomic E-state index is -0.265. The van der Waals surface area contributed by atoms with Gasteiger partial charge in [-0.05, 0) is 36.6 Å². The molecule has 1 aliphatic rings. The maximum atomic E-state index is 12.7. The second-order valence-corrected chi connectivity index (χ2v) is 8.27. The zero-order chi connectivity index (χ0) is 24.5. The number of imidazole rings is 1. The molecule has 0 aliphatic carbocycles. The Bertz CT molecular complexity index is 1120. The highest BCUT2D eigenvalue weighted by Crippen LogP contribution is 2.23. The first kappa shape index (κ1) is 24.0. The van der Waals surface area contributed by atoms with Crippen molar-refractivity contribution < 1.29 is 9.59 Å². The molecule has 184 valence electrons. The van der Waals surface area contributed by atoms with Crippen molar-refractivity contribution in [1.82, 2.24) is 46.4 Å². The van der Waals surface area contributed by atoms with Crippen LogP contribution in [0.25, 0.3) is 16.9 Å². The first-order chi connectivity index (χ1) is 17.1. The molecule has 4 rings (SSSR count). The number of H-pyrrole nitrogens is 1. The lowest BCUT2D eigenvalue weighted by Crippen LogP contribution is -2.43. The first-order valence-electron chi connectivity index (χ1n) is 11.7. The molecule has 1 aliphatic heterocycles. The number of carbonyl (C=O) groups excluding carboxylic acids is 2. The predicted molar refractivity (Wildman–Crippen MR) is 131 cm³/mol. The van der Waals surface area contributed by atoms with Crippen molar-refractivity contribution in [2.75, 3.05) is 13.6 Å². The molecule has 0 saturated heterocycles. The number of hydrazine groups is 2. The molecule has 3 aromatic rings. The van der Waals surface area contributed by atoms with E-state index in [2.05, 4.69) is 36.7 Å². The molecule has 0 radical (unpaired) electrons. The number of hydrogen-bond acceptors (Lipinski definition) is 7. The first-order valence-corrected chi connectivity index (χ1v) is 11.7. The molecule has 5 N–H and O–H groups in total. The molecule has 0 bridgehead atoms. The summed E-state index contributed by atoms with van der Waals surface area (Å²) in [5.41, 5.74) is 8.52. The molecule has 0 unspecified atom stereocenters. The molecule has 1 atom stereocenters. The van der Waals surface area contributed by atoms with Gasteiger partial charge >= 0.3 is 0 Å². The van der Waals surface area contributed by atoms with Gasteiger partial charge in [0.25, 0.3) is 0 Å². The van der Waals surface area contributed by atoms with Crippen molar-refractivity contribution in [3.63, 3.8) is 0 Å². The van der Waals surface area contributed by atoms with E-state index in [0.717, 1.165) is 36.2 Å². The molecular formula is C24H31N9O2. The summed E-state index contributed by atoms with van der Waals surface area (Å²) in [4.78, 5) is 32.1. The number of nitrogens with one attached hydrogen (secondary N) is 5. The van der Waals surface area contributed by atoms with Crippen LogP contribution < -0.4 is 21.6 Å². The number of hydrogen-bond donors (Lipinski definition) is 5. The number of benzene rings is 1. The largest absolute Gasteiger partial charge is 0.359 e. The fourth-order valence-electron chi connectivity index (χ4n) is 3.86. The van der Waals surface area contributed by atoms with E-state index in [1.54, 1.807) is 41.5 Å². The molecule has 1 aromatic carbocycles. The van der Waals surface area contributed by atoms with Crippen molar-refractivity contribution in [1.29, 1.82) is 0 Å². The van der Waals surface area contributed by atoms with E-state index in [4.69, 9.17) is 0 Å². The molecular weight excluding hydrogens is 446 g/mol. The molecule has 3 heterocycles. The SMILES string of the molecule is CNC(=O)CCCCC[C@H](NC(=O)CN1C=CNN1)c1ncc(-c2ccc(-n3cccn3)cc2)[nH]1. The second-order valence-electron chi connectivity index (χ2n) is 8.27. The van der Waals surface area contributed by atoms with Crippen molar-refractivity contribution in [3.05, 3.63) is 67.1 Å². The third-order valence-corrected chi connectivity index (χ3v) is 5.74. The highest BCUT2D eigenvalue weighted by Gasteiger charge is 2.20. The third kappa shape index (κ3) is 6.70. The molecule has 2 aromatic heterocycles. The normalized spacial score (nSPS) is 13.5. The summed E-state index contributed by atoms with van der Waals surface area (Å²) in [6.45, 7) is 0.166. The van der Waals surface area contributed by atoms with Gasteiger partial charge in [-0.1, -0.05) is 25.0 Å². The van der Waals surface area contributed by atoms with Crippen molar-refractivity contribution in [2.24, 2.45) is 0 Å². The summed E-state index contributed by atoms with van der Waals surface area (Å²) in [6.07, 6.45) is 12.7. The van der Waals surface area contributed by atoms with E-state index in [-0.39, 0.29) is 24.4 Å². The molecule has 11 heteroatoms. The second kappa shape index (κ2) is 11.8. The standard InChI is InChI=1S/C24H31N9O2/c1-25-22(34)7-4-2-3-6-20(29-23(35)17-32-15-13-27-31-32)24-26-16-21(30-24)18-8-10-19(11-9-18)33-14-5-12-28-33/h5,8-16,20,27,31H,2-4,6-7,17H2,1H3,(H,25,34)(H,26,30)(H,29,35)/t20-/m0/s1. The summed E-state index contributed by atoms with van der Waals surface area (Å²) in [5.74, 6) is 0.630. The zero-order valence-corrected chi connectivity index (χ0v) is 19.7. The van der Waals surface area contributed by atoms with Gasteiger partial charge in [-0.2, -0.15) is 5.10 Å². The van der Waals surface area contributed by atoms with Gasteiger partial charge in [0.2, 0.25) is 11.8 Å². The van der Waals surface area contributed by atoms with E-state index in [1.807, 2.05) is 36.5 Å². The number of aromatic nitrogens is 4. The summed E-state index contributed by atoms with van der Waals surface area (Å²) in [7, 11) is 1.65. The fraction of sp³-hybridized carbons (Fsp3) is 0.333. The van der Waals surface area contributed by atoms with E-state index in [0.29, 0.717) is 18.7 Å². The van der Waals surface area contributed by atoms with Gasteiger partial charge in [-0.15, -0.1) is 5.53 Å². The fourth-order valence-corrected chi connectivity index (χ4v) is 3.86. The Labute approximate surface area is 203 Å². The van der Waals surface area contributed by atoms with E-state index < -0.39 is 0 Å². The van der Waals surface area contributed by atoms with Gasteiger partial charge in [-0.25, -0.2) is 9.67 Å². The van der Waals surface area contributed by atoms with Crippen LogP contribution in [0, 0.1) is 0 Å². The van der Waals surface area contributed by atoms with E-state index in [1.165, 1.54) is 0 Å². The van der Waals surface area contributed by atoms with Crippen LogP contribution >= 0.6 is 0 Å². The van der Waals surface area contributed by atoms with E-state index >= 15 is 0 Å². The Morgan fingerprint density at radius 1 is 1.11 bits per heavy atom. The lowest BCUT2D eigenvalue weighted by Gasteiger charge is -2.20. The van der Waals surface area contributed by atoms with Gasteiger partial charge < -0.3 is 21.0 Å². The Morgan fingerprint density at radius 2 is 1.97 bits per heavy atom. The monoisotopic (exact) mass is 477 g/mol. The lowest BCUT2D eigenvalue weighted by molar-refractivity contribution is -0.123. The number of nitrogens with zero attached hydrogens (tertiary/aromatic N) is 4. The van der Waals surface area contributed by atoms with Crippen LogP contribution in [0.1, 0.15) is 44.0 Å². The highest BCUT2D eigenvalue weighted by molar-refractivity contribution is 5.78.